The second-order valence-corrected chi connectivity index (χ2v) is 8.05. The Kier molecular flexibility index (Phi) is 4.33. The molecule has 0 bridgehead atoms. The lowest BCUT2D eigenvalue weighted by Crippen LogP contribution is -2.38. The topological polar surface area (TPSA) is 75.3 Å². The van der Waals surface area contributed by atoms with Crippen LogP contribution in [0.1, 0.15) is 56.6 Å². The van der Waals surface area contributed by atoms with Crippen LogP contribution in [-0.4, -0.2) is 56.0 Å². The summed E-state index contributed by atoms with van der Waals surface area (Å²) in [6.07, 6.45) is 5.17. The van der Waals surface area contributed by atoms with Crippen molar-refractivity contribution in [3.05, 3.63) is 36.0 Å². The first kappa shape index (κ1) is 17.3. The first-order valence-electron chi connectivity index (χ1n) is 10.2. The molecule has 0 saturated carbocycles. The molecule has 0 N–H and O–H groups in total. The Balaban J connectivity index is 1.33. The molecule has 2 aliphatic heterocycles. The van der Waals surface area contributed by atoms with Gasteiger partial charge in [0.1, 0.15) is 17.5 Å². The maximum atomic E-state index is 4.82. The van der Waals surface area contributed by atoms with Gasteiger partial charge in [-0.2, -0.15) is 4.52 Å². The van der Waals surface area contributed by atoms with E-state index in [0.29, 0.717) is 11.8 Å². The van der Waals surface area contributed by atoms with Crippen molar-refractivity contribution in [2.24, 2.45) is 0 Å². The van der Waals surface area contributed by atoms with Crippen LogP contribution in [0.15, 0.2) is 24.4 Å². The fraction of sp³-hybridized carbons (Fsp3) is 0.550. The molecule has 0 aromatic carbocycles. The largest absolute Gasteiger partial charge is 0.356 e. The van der Waals surface area contributed by atoms with Crippen molar-refractivity contribution >= 4 is 17.3 Å². The van der Waals surface area contributed by atoms with E-state index in [1.807, 2.05) is 22.8 Å². The lowest BCUT2D eigenvalue weighted by molar-refractivity contribution is 0.473. The summed E-state index contributed by atoms with van der Waals surface area (Å²) in [7, 11) is 0. The molecular formula is C20H26N8. The van der Waals surface area contributed by atoms with Gasteiger partial charge < -0.3 is 9.80 Å². The number of nitrogens with zero attached hydrogens (tertiary/aromatic N) is 8. The number of piperidine rings is 1. The van der Waals surface area contributed by atoms with Crippen molar-refractivity contribution < 1.29 is 0 Å². The van der Waals surface area contributed by atoms with Crippen molar-refractivity contribution in [3.63, 3.8) is 0 Å². The van der Waals surface area contributed by atoms with Gasteiger partial charge in [-0.3, -0.25) is 0 Å². The number of rotatable bonds is 4. The molecule has 3 aromatic heterocycles. The third-order valence-corrected chi connectivity index (χ3v) is 5.81. The smallest absolute Gasteiger partial charge is 0.178 e. The maximum Gasteiger partial charge on any atom is 0.178 e. The number of aromatic nitrogens is 6. The van der Waals surface area contributed by atoms with Gasteiger partial charge in [0.05, 0.1) is 0 Å². The standard InChI is InChI=1S/C20H26N8/c1-14(2)19-21-9-6-16(22-19)27-12-7-15(8-13-27)20-24-23-17-4-5-18(25-28(17)20)26-10-3-11-26/h4-6,9,14-15H,3,7-8,10-13H2,1-2H3. The fourth-order valence-corrected chi connectivity index (χ4v) is 3.95. The number of anilines is 2. The Bertz CT molecular complexity index is 969. The van der Waals surface area contributed by atoms with E-state index in [0.717, 1.165) is 68.0 Å². The van der Waals surface area contributed by atoms with Crippen LogP contribution in [0.5, 0.6) is 0 Å². The third kappa shape index (κ3) is 3.06. The molecule has 0 atom stereocenters. The van der Waals surface area contributed by atoms with Crippen molar-refractivity contribution in [2.45, 2.75) is 44.9 Å². The summed E-state index contributed by atoms with van der Waals surface area (Å²) in [5.74, 6) is 4.66. The van der Waals surface area contributed by atoms with Gasteiger partial charge in [0.15, 0.2) is 11.5 Å². The van der Waals surface area contributed by atoms with E-state index in [-0.39, 0.29) is 0 Å². The molecule has 2 saturated heterocycles. The van der Waals surface area contributed by atoms with E-state index in [9.17, 15) is 0 Å². The summed E-state index contributed by atoms with van der Waals surface area (Å²) in [5.41, 5.74) is 0.832. The van der Waals surface area contributed by atoms with Crippen LogP contribution in [0.25, 0.3) is 5.65 Å². The van der Waals surface area contributed by atoms with Gasteiger partial charge in [0.2, 0.25) is 0 Å². The Morgan fingerprint density at radius 1 is 0.929 bits per heavy atom. The van der Waals surface area contributed by atoms with Crippen LogP contribution in [0, 0.1) is 0 Å². The first-order chi connectivity index (χ1) is 13.7. The first-order valence-corrected chi connectivity index (χ1v) is 10.2. The molecule has 5 rings (SSSR count). The van der Waals surface area contributed by atoms with Gasteiger partial charge in [-0.1, -0.05) is 13.8 Å². The molecule has 3 aromatic rings. The van der Waals surface area contributed by atoms with Crippen molar-refractivity contribution in [2.75, 3.05) is 36.0 Å². The van der Waals surface area contributed by atoms with Crippen LogP contribution in [0.2, 0.25) is 0 Å². The predicted octanol–water partition coefficient (Wildman–Crippen LogP) is 2.63. The van der Waals surface area contributed by atoms with Gasteiger partial charge >= 0.3 is 0 Å². The Hall–Kier alpha value is -2.77. The Morgan fingerprint density at radius 3 is 2.43 bits per heavy atom. The van der Waals surface area contributed by atoms with E-state index in [1.54, 1.807) is 0 Å². The average molecular weight is 378 g/mol. The summed E-state index contributed by atoms with van der Waals surface area (Å²) in [5, 5.41) is 13.7. The molecule has 28 heavy (non-hydrogen) atoms. The summed E-state index contributed by atoms with van der Waals surface area (Å²) >= 11 is 0. The Morgan fingerprint density at radius 2 is 1.71 bits per heavy atom. The predicted molar refractivity (Wildman–Crippen MR) is 108 cm³/mol. The second-order valence-electron chi connectivity index (χ2n) is 8.05. The monoisotopic (exact) mass is 378 g/mol. The zero-order valence-corrected chi connectivity index (χ0v) is 16.5. The second kappa shape index (κ2) is 7.00. The van der Waals surface area contributed by atoms with Crippen molar-refractivity contribution in [1.82, 2.24) is 29.8 Å². The van der Waals surface area contributed by atoms with E-state index in [4.69, 9.17) is 10.1 Å². The van der Waals surface area contributed by atoms with E-state index >= 15 is 0 Å². The highest BCUT2D eigenvalue weighted by Gasteiger charge is 2.26. The zero-order chi connectivity index (χ0) is 19.1. The van der Waals surface area contributed by atoms with E-state index in [1.165, 1.54) is 6.42 Å². The van der Waals surface area contributed by atoms with Gasteiger partial charge in [-0.25, -0.2) is 9.97 Å². The quantitative estimate of drug-likeness (QED) is 0.691. The maximum absolute atomic E-state index is 4.82. The number of fused-ring (bicyclic) bond motifs is 1. The fourth-order valence-electron chi connectivity index (χ4n) is 3.95. The summed E-state index contributed by atoms with van der Waals surface area (Å²) in [6, 6.07) is 6.09. The lowest BCUT2D eigenvalue weighted by Gasteiger charge is -2.33. The molecule has 8 heteroatoms. The van der Waals surface area contributed by atoms with Gasteiger partial charge in [0, 0.05) is 44.2 Å². The average Bonchev–Trinajstić information content (AvgIpc) is 3.10. The molecule has 8 nitrogen and oxygen atoms in total. The molecule has 0 radical (unpaired) electrons. The number of hydrogen-bond acceptors (Lipinski definition) is 7. The lowest BCUT2D eigenvalue weighted by atomic mass is 9.96. The SMILES string of the molecule is CC(C)c1nccc(N2CCC(c3nnc4ccc(N5CCC5)nn34)CC2)n1. The molecule has 0 unspecified atom stereocenters. The summed E-state index contributed by atoms with van der Waals surface area (Å²) in [6.45, 7) is 8.35. The van der Waals surface area contributed by atoms with Crippen LogP contribution in [0.3, 0.4) is 0 Å². The van der Waals surface area contributed by atoms with Crippen LogP contribution >= 0.6 is 0 Å². The van der Waals surface area contributed by atoms with E-state index < -0.39 is 0 Å². The van der Waals surface area contributed by atoms with E-state index in [2.05, 4.69) is 44.9 Å². The summed E-state index contributed by atoms with van der Waals surface area (Å²) < 4.78 is 1.95. The molecule has 0 spiro atoms. The Labute approximate surface area is 164 Å². The highest BCUT2D eigenvalue weighted by Crippen LogP contribution is 2.29. The van der Waals surface area contributed by atoms with Crippen LogP contribution < -0.4 is 9.80 Å². The van der Waals surface area contributed by atoms with Crippen molar-refractivity contribution in [3.8, 4) is 0 Å². The zero-order valence-electron chi connectivity index (χ0n) is 16.5. The molecule has 5 heterocycles. The van der Waals surface area contributed by atoms with Crippen LogP contribution in [0.4, 0.5) is 11.6 Å². The van der Waals surface area contributed by atoms with Crippen molar-refractivity contribution in [1.29, 1.82) is 0 Å². The highest BCUT2D eigenvalue weighted by atomic mass is 15.4. The van der Waals surface area contributed by atoms with Gasteiger partial charge in [-0.15, -0.1) is 15.3 Å². The molecule has 0 aliphatic carbocycles. The van der Waals surface area contributed by atoms with Crippen LogP contribution in [-0.2, 0) is 0 Å². The minimum Gasteiger partial charge on any atom is -0.356 e. The minimum absolute atomic E-state index is 0.339. The normalized spacial score (nSPS) is 18.1. The molecule has 2 fully saturated rings. The minimum atomic E-state index is 0.339. The molecule has 146 valence electrons. The third-order valence-electron chi connectivity index (χ3n) is 5.81. The molecular weight excluding hydrogens is 352 g/mol. The highest BCUT2D eigenvalue weighted by molar-refractivity contribution is 5.47. The van der Waals surface area contributed by atoms with Gasteiger partial charge in [-0.05, 0) is 37.5 Å². The number of hydrogen-bond donors (Lipinski definition) is 0. The van der Waals surface area contributed by atoms with Gasteiger partial charge in [0.25, 0.3) is 0 Å². The summed E-state index contributed by atoms with van der Waals surface area (Å²) in [4.78, 5) is 13.8. The molecule has 2 aliphatic rings. The molecule has 0 amide bonds.